The summed E-state index contributed by atoms with van der Waals surface area (Å²) in [7, 11) is -2.95. The molecule has 1 N–H and O–H groups in total. The Kier molecular flexibility index (Phi) is 12.0. The smallest absolute Gasteiger partial charge is 0.264 e. The fourth-order valence-electron chi connectivity index (χ4n) is 4.89. The zero-order valence-electron chi connectivity index (χ0n) is 25.5. The highest BCUT2D eigenvalue weighted by Crippen LogP contribution is 2.35. The largest absolute Gasteiger partial charge is 0.495 e. The van der Waals surface area contributed by atoms with Crippen molar-refractivity contribution in [2.24, 2.45) is 0 Å². The van der Waals surface area contributed by atoms with Crippen LogP contribution in [0.2, 0.25) is 15.1 Å². The van der Waals surface area contributed by atoms with Gasteiger partial charge >= 0.3 is 0 Å². The van der Waals surface area contributed by atoms with Gasteiger partial charge in [0, 0.05) is 24.5 Å². The number of hydrogen-bond donors (Lipinski definition) is 1. The Labute approximate surface area is 284 Å². The number of nitrogens with zero attached hydrogens (tertiary/aromatic N) is 2. The summed E-state index contributed by atoms with van der Waals surface area (Å²) < 4.78 is 35.0. The van der Waals surface area contributed by atoms with Crippen LogP contribution in [0.1, 0.15) is 23.6 Å². The molecular weight excluding hydrogens is 669 g/mol. The van der Waals surface area contributed by atoms with Gasteiger partial charge in [-0.15, -0.1) is 0 Å². The molecule has 4 rings (SSSR count). The summed E-state index contributed by atoms with van der Waals surface area (Å²) in [4.78, 5) is 29.5. The van der Waals surface area contributed by atoms with Crippen molar-refractivity contribution < 1.29 is 22.7 Å². The quantitative estimate of drug-likeness (QED) is 0.163. The van der Waals surface area contributed by atoms with Gasteiger partial charge in [0.1, 0.15) is 18.3 Å². The molecule has 0 aliphatic rings. The van der Waals surface area contributed by atoms with E-state index in [0.29, 0.717) is 17.1 Å². The Balaban J connectivity index is 1.86. The third-order valence-electron chi connectivity index (χ3n) is 7.26. The van der Waals surface area contributed by atoms with Crippen LogP contribution in [0.4, 0.5) is 5.69 Å². The Morgan fingerprint density at radius 2 is 1.57 bits per heavy atom. The molecule has 0 aliphatic carbocycles. The number of carbonyl (C=O) groups is 2. The molecule has 0 fully saturated rings. The van der Waals surface area contributed by atoms with E-state index in [2.05, 4.69) is 5.32 Å². The maximum atomic E-state index is 14.5. The number of halogens is 3. The second kappa shape index (κ2) is 15.7. The minimum Gasteiger partial charge on any atom is -0.495 e. The van der Waals surface area contributed by atoms with Gasteiger partial charge < -0.3 is 15.0 Å². The van der Waals surface area contributed by atoms with Crippen molar-refractivity contribution in [3.05, 3.63) is 123 Å². The summed E-state index contributed by atoms with van der Waals surface area (Å²) >= 11 is 18.8. The monoisotopic (exact) mass is 701 g/mol. The summed E-state index contributed by atoms with van der Waals surface area (Å²) in [5.74, 6) is -0.850. The lowest BCUT2D eigenvalue weighted by molar-refractivity contribution is -0.140. The number of rotatable bonds is 13. The molecule has 0 aliphatic heterocycles. The van der Waals surface area contributed by atoms with Gasteiger partial charge in [0.05, 0.1) is 27.7 Å². The van der Waals surface area contributed by atoms with Crippen LogP contribution in [0, 0.1) is 6.92 Å². The zero-order valence-corrected chi connectivity index (χ0v) is 28.6. The molecule has 242 valence electrons. The number of methoxy groups -OCH3 is 1. The molecule has 46 heavy (non-hydrogen) atoms. The van der Waals surface area contributed by atoms with Crippen molar-refractivity contribution in [1.29, 1.82) is 0 Å². The topological polar surface area (TPSA) is 96.0 Å². The summed E-state index contributed by atoms with van der Waals surface area (Å²) in [6, 6.07) is 24.0. The first kappa shape index (κ1) is 35.1. The molecule has 2 amide bonds. The maximum absolute atomic E-state index is 14.5. The van der Waals surface area contributed by atoms with Gasteiger partial charge in [0.2, 0.25) is 11.8 Å². The number of nitrogens with one attached hydrogen (secondary N) is 1. The number of amides is 2. The van der Waals surface area contributed by atoms with Crippen LogP contribution in [0.25, 0.3) is 0 Å². The fourth-order valence-corrected chi connectivity index (χ4v) is 6.79. The summed E-state index contributed by atoms with van der Waals surface area (Å²) in [6.07, 6.45) is 0.172. The van der Waals surface area contributed by atoms with E-state index in [1.165, 1.54) is 36.3 Å². The van der Waals surface area contributed by atoms with Gasteiger partial charge in [-0.25, -0.2) is 8.42 Å². The second-order valence-electron chi connectivity index (χ2n) is 10.5. The number of benzene rings is 4. The molecular formula is C34H34Cl3N3O5S. The minimum absolute atomic E-state index is 0.0338. The molecule has 0 bridgehead atoms. The highest BCUT2D eigenvalue weighted by molar-refractivity contribution is 7.92. The molecule has 4 aromatic carbocycles. The van der Waals surface area contributed by atoms with Gasteiger partial charge in [-0.2, -0.15) is 0 Å². The van der Waals surface area contributed by atoms with Crippen LogP contribution in [0.3, 0.4) is 0 Å². The normalized spacial score (nSPS) is 11.9. The highest BCUT2D eigenvalue weighted by atomic mass is 35.5. The number of carbonyl (C=O) groups excluding carboxylic acids is 2. The predicted octanol–water partition coefficient (Wildman–Crippen LogP) is 6.94. The molecule has 12 heteroatoms. The predicted molar refractivity (Wildman–Crippen MR) is 183 cm³/mol. The molecule has 1 atom stereocenters. The summed E-state index contributed by atoms with van der Waals surface area (Å²) in [5, 5.41) is 3.67. The highest BCUT2D eigenvalue weighted by Gasteiger charge is 2.35. The SMILES string of the molecule is CCNC(=O)C(Cc1ccccc1)N(Cc1ccc(Cl)c(Cl)c1)C(=O)CN(c1cc(Cl)ccc1OC)S(=O)(=O)c1ccc(C)cc1. The van der Waals surface area contributed by atoms with Gasteiger partial charge in [0.15, 0.2) is 0 Å². The van der Waals surface area contributed by atoms with Crippen LogP contribution >= 0.6 is 34.8 Å². The Morgan fingerprint density at radius 3 is 2.20 bits per heavy atom. The average Bonchev–Trinajstić information content (AvgIpc) is 3.03. The summed E-state index contributed by atoms with van der Waals surface area (Å²) in [5.41, 5.74) is 2.33. The molecule has 0 heterocycles. The molecule has 4 aromatic rings. The van der Waals surface area contributed by atoms with Crippen LogP contribution in [-0.2, 0) is 32.6 Å². The number of ether oxygens (including phenoxy) is 1. The van der Waals surface area contributed by atoms with Crippen LogP contribution in [0.15, 0.2) is 95.9 Å². The zero-order chi connectivity index (χ0) is 33.4. The number of hydrogen-bond acceptors (Lipinski definition) is 5. The number of likely N-dealkylation sites (N-methyl/N-ethyl adjacent to an activating group) is 1. The van der Waals surface area contributed by atoms with E-state index < -0.39 is 34.4 Å². The maximum Gasteiger partial charge on any atom is 0.264 e. The molecule has 0 saturated heterocycles. The van der Waals surface area contributed by atoms with Gasteiger partial charge in [-0.05, 0) is 67.4 Å². The van der Waals surface area contributed by atoms with E-state index in [9.17, 15) is 18.0 Å². The van der Waals surface area contributed by atoms with Crippen molar-refractivity contribution in [2.45, 2.75) is 37.8 Å². The minimum atomic E-state index is -4.34. The van der Waals surface area contributed by atoms with Gasteiger partial charge in [-0.1, -0.05) is 88.9 Å². The third-order valence-corrected chi connectivity index (χ3v) is 10.0. The third kappa shape index (κ3) is 8.53. The lowest BCUT2D eigenvalue weighted by atomic mass is 10.0. The number of aryl methyl sites for hydroxylation is 1. The second-order valence-corrected chi connectivity index (χ2v) is 13.6. The molecule has 1 unspecified atom stereocenters. The van der Waals surface area contributed by atoms with Crippen LogP contribution in [0.5, 0.6) is 5.75 Å². The fraction of sp³-hybridized carbons (Fsp3) is 0.235. The first-order valence-electron chi connectivity index (χ1n) is 14.4. The van der Waals surface area contributed by atoms with Crippen molar-refractivity contribution in [3.63, 3.8) is 0 Å². The van der Waals surface area contributed by atoms with Gasteiger partial charge in [-0.3, -0.25) is 13.9 Å². The number of anilines is 1. The van der Waals surface area contributed by atoms with Gasteiger partial charge in [0.25, 0.3) is 10.0 Å². The lowest BCUT2D eigenvalue weighted by Gasteiger charge is -2.34. The molecule has 0 radical (unpaired) electrons. The van der Waals surface area contributed by atoms with Crippen molar-refractivity contribution in [2.75, 3.05) is 24.5 Å². The first-order valence-corrected chi connectivity index (χ1v) is 17.0. The molecule has 0 spiro atoms. The Bertz CT molecular complexity index is 1790. The lowest BCUT2D eigenvalue weighted by Crippen LogP contribution is -2.53. The van der Waals surface area contributed by atoms with E-state index in [1.807, 2.05) is 37.3 Å². The standard InChI is InChI=1S/C34H34Cl3N3O5S/c1-4-38-34(42)31(19-24-8-6-5-7-9-24)39(21-25-12-16-28(36)29(37)18-25)33(41)22-40(30-20-26(35)13-17-32(30)45-3)46(43,44)27-14-10-23(2)11-15-27/h5-18,20,31H,4,19,21-22H2,1-3H3,(H,38,42). The van der Waals surface area contributed by atoms with E-state index >= 15 is 0 Å². The van der Waals surface area contributed by atoms with Crippen molar-refractivity contribution in [1.82, 2.24) is 10.2 Å². The first-order chi connectivity index (χ1) is 21.9. The van der Waals surface area contributed by atoms with E-state index in [0.717, 1.165) is 15.4 Å². The number of sulfonamides is 1. The molecule has 0 aromatic heterocycles. The van der Waals surface area contributed by atoms with E-state index in [-0.39, 0.29) is 39.3 Å². The Morgan fingerprint density at radius 1 is 0.870 bits per heavy atom. The average molecular weight is 703 g/mol. The van der Waals surface area contributed by atoms with Crippen molar-refractivity contribution in [3.8, 4) is 5.75 Å². The molecule has 0 saturated carbocycles. The van der Waals surface area contributed by atoms with Crippen molar-refractivity contribution >= 4 is 62.3 Å². The van der Waals surface area contributed by atoms with Crippen LogP contribution < -0.4 is 14.4 Å². The summed E-state index contributed by atoms with van der Waals surface area (Å²) in [6.45, 7) is 3.22. The Hall–Kier alpha value is -3.76. The van der Waals surface area contributed by atoms with E-state index in [4.69, 9.17) is 39.5 Å². The van der Waals surface area contributed by atoms with Crippen LogP contribution in [-0.4, -0.2) is 51.4 Å². The molecule has 8 nitrogen and oxygen atoms in total. The van der Waals surface area contributed by atoms with E-state index in [1.54, 1.807) is 43.3 Å².